The van der Waals surface area contributed by atoms with Crippen LogP contribution in [0.1, 0.15) is 11.1 Å². The minimum atomic E-state index is -0.303. The third-order valence-electron chi connectivity index (χ3n) is 2.84. The molecule has 1 saturated heterocycles. The first-order valence-electron chi connectivity index (χ1n) is 5.37. The Morgan fingerprint density at radius 1 is 1.50 bits per heavy atom. The highest BCUT2D eigenvalue weighted by Gasteiger charge is 2.33. The molecule has 1 fully saturated rings. The van der Waals surface area contributed by atoms with Crippen LogP contribution in [0.15, 0.2) is 18.2 Å². The highest BCUT2D eigenvalue weighted by molar-refractivity contribution is 5.91. The number of hydrogen-bond acceptors (Lipinski definition) is 3. The van der Waals surface area contributed by atoms with Crippen LogP contribution in [0.25, 0.3) is 0 Å². The summed E-state index contributed by atoms with van der Waals surface area (Å²) in [5.41, 5.74) is 8.77. The van der Waals surface area contributed by atoms with E-state index in [2.05, 4.69) is 6.07 Å². The van der Waals surface area contributed by atoms with Gasteiger partial charge in [0.25, 0.3) is 0 Å². The largest absolute Gasteiger partial charge is 0.447 e. The number of carbonyl (C=O) groups excluding carboxylic acids is 1. The Kier molecular flexibility index (Phi) is 2.83. The van der Waals surface area contributed by atoms with E-state index in [0.29, 0.717) is 13.2 Å². The number of rotatable bonds is 2. The van der Waals surface area contributed by atoms with Crippen LogP contribution in [0, 0.1) is 13.8 Å². The van der Waals surface area contributed by atoms with Gasteiger partial charge in [-0.05, 0) is 25.5 Å². The molecule has 4 heteroatoms. The average Bonchev–Trinajstić information content (AvgIpc) is 2.60. The maximum atomic E-state index is 11.6. The van der Waals surface area contributed by atoms with Gasteiger partial charge in [-0.3, -0.25) is 4.90 Å². The van der Waals surface area contributed by atoms with Gasteiger partial charge in [-0.2, -0.15) is 0 Å². The number of ether oxygens (including phenoxy) is 1. The van der Waals surface area contributed by atoms with Gasteiger partial charge in [0, 0.05) is 6.54 Å². The van der Waals surface area contributed by atoms with Crippen LogP contribution < -0.4 is 10.6 Å². The quantitative estimate of drug-likeness (QED) is 0.823. The molecule has 1 unspecified atom stereocenters. The molecule has 2 N–H and O–H groups in total. The number of cyclic esters (lactones) is 1. The number of anilines is 1. The van der Waals surface area contributed by atoms with Gasteiger partial charge in [0.2, 0.25) is 0 Å². The molecular formula is C12H16N2O2. The highest BCUT2D eigenvalue weighted by Crippen LogP contribution is 2.26. The molecule has 16 heavy (non-hydrogen) atoms. The normalized spacial score (nSPS) is 20.1. The van der Waals surface area contributed by atoms with E-state index in [1.165, 1.54) is 5.56 Å². The Hall–Kier alpha value is -1.55. The third kappa shape index (κ3) is 1.76. The van der Waals surface area contributed by atoms with E-state index in [1.807, 2.05) is 26.0 Å². The number of benzene rings is 1. The van der Waals surface area contributed by atoms with Crippen LogP contribution in [0.5, 0.6) is 0 Å². The molecule has 1 aliphatic rings. The minimum Gasteiger partial charge on any atom is -0.447 e. The topological polar surface area (TPSA) is 55.6 Å². The Morgan fingerprint density at radius 3 is 2.88 bits per heavy atom. The van der Waals surface area contributed by atoms with E-state index in [-0.39, 0.29) is 12.1 Å². The van der Waals surface area contributed by atoms with Gasteiger partial charge in [0.05, 0.1) is 11.7 Å². The molecule has 1 aromatic carbocycles. The third-order valence-corrected chi connectivity index (χ3v) is 2.84. The molecule has 0 saturated carbocycles. The maximum Gasteiger partial charge on any atom is 0.414 e. The fourth-order valence-corrected chi connectivity index (χ4v) is 2.00. The molecule has 1 atom stereocenters. The lowest BCUT2D eigenvalue weighted by Gasteiger charge is -2.22. The SMILES string of the molecule is Cc1ccc(N2C(=O)OCC2CN)c(C)c1. The van der Waals surface area contributed by atoms with Crippen LogP contribution in [0.4, 0.5) is 10.5 Å². The molecule has 0 radical (unpaired) electrons. The fourth-order valence-electron chi connectivity index (χ4n) is 2.00. The lowest BCUT2D eigenvalue weighted by molar-refractivity contribution is 0.179. The summed E-state index contributed by atoms with van der Waals surface area (Å²) in [6, 6.07) is 5.93. The average molecular weight is 220 g/mol. The molecule has 0 aromatic heterocycles. The predicted molar refractivity (Wildman–Crippen MR) is 62.6 cm³/mol. The van der Waals surface area contributed by atoms with Gasteiger partial charge in [0.15, 0.2) is 0 Å². The molecule has 1 heterocycles. The van der Waals surface area contributed by atoms with Gasteiger partial charge in [-0.1, -0.05) is 17.7 Å². The summed E-state index contributed by atoms with van der Waals surface area (Å²) in [6.45, 7) is 4.81. The summed E-state index contributed by atoms with van der Waals surface area (Å²) in [7, 11) is 0. The first-order chi connectivity index (χ1) is 7.63. The van der Waals surface area contributed by atoms with E-state index < -0.39 is 0 Å². The zero-order valence-electron chi connectivity index (χ0n) is 9.56. The van der Waals surface area contributed by atoms with Crippen molar-refractivity contribution >= 4 is 11.8 Å². The van der Waals surface area contributed by atoms with Gasteiger partial charge in [0.1, 0.15) is 6.61 Å². The van der Waals surface area contributed by atoms with Gasteiger partial charge in [-0.15, -0.1) is 0 Å². The first kappa shape index (κ1) is 11.0. The van der Waals surface area contributed by atoms with E-state index >= 15 is 0 Å². The van der Waals surface area contributed by atoms with Crippen LogP contribution in [0.3, 0.4) is 0 Å². The molecule has 86 valence electrons. The number of hydrogen-bond donors (Lipinski definition) is 1. The number of nitrogens with zero attached hydrogens (tertiary/aromatic N) is 1. The summed E-state index contributed by atoms with van der Waals surface area (Å²) in [6.07, 6.45) is -0.303. The van der Waals surface area contributed by atoms with E-state index in [4.69, 9.17) is 10.5 Å². The lowest BCUT2D eigenvalue weighted by atomic mass is 10.1. The summed E-state index contributed by atoms with van der Waals surface area (Å²) in [5.74, 6) is 0. The molecule has 1 aliphatic heterocycles. The Bertz CT molecular complexity index is 417. The molecule has 1 amide bonds. The number of aryl methyl sites for hydroxylation is 2. The Morgan fingerprint density at radius 2 is 2.25 bits per heavy atom. The maximum absolute atomic E-state index is 11.6. The van der Waals surface area contributed by atoms with Crippen molar-refractivity contribution in [2.45, 2.75) is 19.9 Å². The van der Waals surface area contributed by atoms with Crippen LogP contribution in [-0.2, 0) is 4.74 Å². The number of nitrogens with two attached hydrogens (primary N) is 1. The molecule has 4 nitrogen and oxygen atoms in total. The zero-order valence-corrected chi connectivity index (χ0v) is 9.56. The molecule has 0 bridgehead atoms. The minimum absolute atomic E-state index is 0.0473. The van der Waals surface area contributed by atoms with Crippen molar-refractivity contribution in [3.8, 4) is 0 Å². The van der Waals surface area contributed by atoms with Crippen molar-refractivity contribution < 1.29 is 9.53 Å². The molecule has 0 aliphatic carbocycles. The van der Waals surface area contributed by atoms with E-state index in [1.54, 1.807) is 4.90 Å². The van der Waals surface area contributed by atoms with Crippen molar-refractivity contribution in [3.63, 3.8) is 0 Å². The van der Waals surface area contributed by atoms with Gasteiger partial charge >= 0.3 is 6.09 Å². The van der Waals surface area contributed by atoms with Gasteiger partial charge in [-0.25, -0.2) is 4.79 Å². The summed E-state index contributed by atoms with van der Waals surface area (Å²) < 4.78 is 5.02. The Balaban J connectivity index is 2.38. The van der Waals surface area contributed by atoms with Crippen LogP contribution in [-0.4, -0.2) is 25.3 Å². The molecule has 1 aromatic rings. The van der Waals surface area contributed by atoms with Crippen molar-refractivity contribution in [2.24, 2.45) is 5.73 Å². The van der Waals surface area contributed by atoms with Crippen LogP contribution in [0.2, 0.25) is 0 Å². The molecule has 2 rings (SSSR count). The van der Waals surface area contributed by atoms with Crippen molar-refractivity contribution in [3.05, 3.63) is 29.3 Å². The number of carbonyl (C=O) groups is 1. The van der Waals surface area contributed by atoms with Crippen molar-refractivity contribution in [1.82, 2.24) is 0 Å². The second-order valence-electron chi connectivity index (χ2n) is 4.13. The second kappa shape index (κ2) is 4.14. The van der Waals surface area contributed by atoms with Crippen LogP contribution >= 0.6 is 0 Å². The second-order valence-corrected chi connectivity index (χ2v) is 4.13. The highest BCUT2D eigenvalue weighted by atomic mass is 16.6. The van der Waals surface area contributed by atoms with E-state index in [0.717, 1.165) is 11.3 Å². The lowest BCUT2D eigenvalue weighted by Crippen LogP contribution is -2.39. The molecular weight excluding hydrogens is 204 g/mol. The van der Waals surface area contributed by atoms with Crippen molar-refractivity contribution in [2.75, 3.05) is 18.1 Å². The van der Waals surface area contributed by atoms with Gasteiger partial charge < -0.3 is 10.5 Å². The first-order valence-corrected chi connectivity index (χ1v) is 5.37. The number of amides is 1. The van der Waals surface area contributed by atoms with Crippen molar-refractivity contribution in [1.29, 1.82) is 0 Å². The summed E-state index contributed by atoms with van der Waals surface area (Å²) >= 11 is 0. The zero-order chi connectivity index (χ0) is 11.7. The summed E-state index contributed by atoms with van der Waals surface area (Å²) in [5, 5.41) is 0. The summed E-state index contributed by atoms with van der Waals surface area (Å²) in [4.78, 5) is 13.3. The smallest absolute Gasteiger partial charge is 0.414 e. The predicted octanol–water partition coefficient (Wildman–Crippen LogP) is 1.59. The van der Waals surface area contributed by atoms with E-state index in [9.17, 15) is 4.79 Å². The fraction of sp³-hybridized carbons (Fsp3) is 0.417. The standard InChI is InChI=1S/C12H16N2O2/c1-8-3-4-11(9(2)5-8)14-10(6-13)7-16-12(14)15/h3-5,10H,6-7,13H2,1-2H3. The molecule has 0 spiro atoms. The Labute approximate surface area is 95.0 Å². The monoisotopic (exact) mass is 220 g/mol.